The van der Waals surface area contributed by atoms with Gasteiger partial charge in [-0.3, -0.25) is 4.79 Å². The van der Waals surface area contributed by atoms with Crippen LogP contribution in [-0.2, 0) is 28.9 Å². The molecule has 0 spiro atoms. The fourth-order valence-electron chi connectivity index (χ4n) is 4.10. The number of fused-ring (bicyclic) bond motifs is 1. The summed E-state index contributed by atoms with van der Waals surface area (Å²) in [6.07, 6.45) is 1.74. The van der Waals surface area contributed by atoms with Gasteiger partial charge in [-0.1, -0.05) is 29.8 Å². The minimum atomic E-state index is -0.463. The molecule has 3 aromatic rings. The van der Waals surface area contributed by atoms with Crippen LogP contribution in [0.2, 0.25) is 0 Å². The maximum atomic E-state index is 13.0. The summed E-state index contributed by atoms with van der Waals surface area (Å²) in [5, 5.41) is 4.60. The van der Waals surface area contributed by atoms with Crippen molar-refractivity contribution in [3.63, 3.8) is 0 Å². The summed E-state index contributed by atoms with van der Waals surface area (Å²) >= 11 is 0. The van der Waals surface area contributed by atoms with Crippen LogP contribution in [0.5, 0.6) is 5.75 Å². The van der Waals surface area contributed by atoms with Gasteiger partial charge in [0.05, 0.1) is 25.1 Å². The van der Waals surface area contributed by atoms with E-state index in [-0.39, 0.29) is 18.2 Å². The average molecular weight is 448 g/mol. The van der Waals surface area contributed by atoms with Crippen molar-refractivity contribution >= 4 is 11.9 Å². The third-order valence-electron chi connectivity index (χ3n) is 5.94. The summed E-state index contributed by atoms with van der Waals surface area (Å²) < 4.78 is 12.3. The average Bonchev–Trinajstić information content (AvgIpc) is 3.22. The molecule has 0 bridgehead atoms. The first-order chi connectivity index (χ1) is 16.0. The van der Waals surface area contributed by atoms with Crippen LogP contribution in [0.15, 0.2) is 48.5 Å². The number of benzene rings is 2. The second-order valence-corrected chi connectivity index (χ2v) is 8.16. The lowest BCUT2D eigenvalue weighted by Gasteiger charge is -2.28. The number of aryl methyl sites for hydroxylation is 2. The van der Waals surface area contributed by atoms with Crippen molar-refractivity contribution in [2.75, 3.05) is 20.3 Å². The fourth-order valence-corrected chi connectivity index (χ4v) is 4.10. The van der Waals surface area contributed by atoms with E-state index in [9.17, 15) is 9.59 Å². The van der Waals surface area contributed by atoms with Crippen LogP contribution in [-0.4, -0.2) is 46.8 Å². The first kappa shape index (κ1) is 22.6. The van der Waals surface area contributed by atoms with Gasteiger partial charge in [0.1, 0.15) is 5.75 Å². The first-order valence-electron chi connectivity index (χ1n) is 11.3. The lowest BCUT2D eigenvalue weighted by Crippen LogP contribution is -2.36. The van der Waals surface area contributed by atoms with Crippen LogP contribution in [0.3, 0.4) is 0 Å². The Kier molecular flexibility index (Phi) is 6.77. The van der Waals surface area contributed by atoms with Crippen molar-refractivity contribution in [1.82, 2.24) is 14.7 Å². The summed E-state index contributed by atoms with van der Waals surface area (Å²) in [4.78, 5) is 27.4. The number of rotatable bonds is 7. The molecule has 0 fully saturated rings. The number of amides is 1. The molecule has 2 aromatic carbocycles. The van der Waals surface area contributed by atoms with Crippen molar-refractivity contribution < 1.29 is 19.1 Å². The summed E-state index contributed by atoms with van der Waals surface area (Å²) in [6.45, 7) is 5.03. The number of nitrogens with zero attached hydrogens (tertiary/aromatic N) is 3. The number of esters is 1. The Morgan fingerprint density at radius 2 is 1.79 bits per heavy atom. The summed E-state index contributed by atoms with van der Waals surface area (Å²) in [5.41, 5.74) is 5.16. The quantitative estimate of drug-likeness (QED) is 0.514. The summed E-state index contributed by atoms with van der Waals surface area (Å²) in [7, 11) is 1.62. The van der Waals surface area contributed by atoms with Crippen LogP contribution >= 0.6 is 0 Å². The van der Waals surface area contributed by atoms with Crippen LogP contribution in [0.1, 0.15) is 46.2 Å². The van der Waals surface area contributed by atoms with Crippen LogP contribution in [0.4, 0.5) is 0 Å². The zero-order valence-electron chi connectivity index (χ0n) is 19.3. The molecule has 0 N–H and O–H groups in total. The minimum Gasteiger partial charge on any atom is -0.497 e. The molecule has 0 radical (unpaired) electrons. The second-order valence-electron chi connectivity index (χ2n) is 8.16. The van der Waals surface area contributed by atoms with Gasteiger partial charge in [0.25, 0.3) is 0 Å². The van der Waals surface area contributed by atoms with Gasteiger partial charge in [0.15, 0.2) is 5.69 Å². The molecule has 0 saturated carbocycles. The zero-order valence-corrected chi connectivity index (χ0v) is 19.3. The van der Waals surface area contributed by atoms with Crippen molar-refractivity contribution in [3.05, 3.63) is 76.6 Å². The van der Waals surface area contributed by atoms with Crippen molar-refractivity contribution in [2.24, 2.45) is 0 Å². The molecule has 7 heteroatoms. The molecule has 1 aliphatic rings. The molecule has 7 nitrogen and oxygen atoms in total. The van der Waals surface area contributed by atoms with Crippen molar-refractivity contribution in [2.45, 2.75) is 39.7 Å². The second kappa shape index (κ2) is 9.90. The number of methoxy groups -OCH3 is 1. The predicted molar refractivity (Wildman–Crippen MR) is 125 cm³/mol. The molecule has 172 valence electrons. The molecule has 4 rings (SSSR count). The molecule has 0 aliphatic carbocycles. The van der Waals surface area contributed by atoms with Gasteiger partial charge in [-0.15, -0.1) is 0 Å². The molecule has 1 aliphatic heterocycles. The van der Waals surface area contributed by atoms with E-state index in [1.807, 2.05) is 36.1 Å². The van der Waals surface area contributed by atoms with Crippen LogP contribution < -0.4 is 4.74 Å². The van der Waals surface area contributed by atoms with E-state index in [0.717, 1.165) is 28.3 Å². The molecular weight excluding hydrogens is 418 g/mol. The van der Waals surface area contributed by atoms with Crippen LogP contribution in [0, 0.1) is 6.92 Å². The standard InChI is InChI=1S/C26H29N3O4/c1-4-33-26(31)25-22-17-28(24(30)14-9-19-7-5-18(2)6-8-19)16-15-23(22)29(27-25)20-10-12-21(32-3)13-11-20/h5-8,10-13H,4,9,14-17H2,1-3H3. The Morgan fingerprint density at radius 1 is 1.06 bits per heavy atom. The Balaban J connectivity index is 1.56. The first-order valence-corrected chi connectivity index (χ1v) is 11.3. The highest BCUT2D eigenvalue weighted by atomic mass is 16.5. The largest absolute Gasteiger partial charge is 0.497 e. The Hall–Kier alpha value is -3.61. The van der Waals surface area contributed by atoms with E-state index in [1.165, 1.54) is 5.56 Å². The van der Waals surface area contributed by atoms with Crippen molar-refractivity contribution in [3.8, 4) is 11.4 Å². The lowest BCUT2D eigenvalue weighted by molar-refractivity contribution is -0.132. The number of hydrogen-bond acceptors (Lipinski definition) is 5. The number of hydrogen-bond donors (Lipinski definition) is 0. The monoisotopic (exact) mass is 447 g/mol. The van der Waals surface area contributed by atoms with Gasteiger partial charge in [-0.05, 0) is 50.1 Å². The molecule has 1 amide bonds. The molecule has 0 atom stereocenters. The van der Waals surface area contributed by atoms with E-state index in [0.29, 0.717) is 32.4 Å². The molecule has 2 heterocycles. The maximum absolute atomic E-state index is 13.0. The number of carbonyl (C=O) groups is 2. The van der Waals surface area contributed by atoms with E-state index < -0.39 is 5.97 Å². The molecule has 33 heavy (non-hydrogen) atoms. The Labute approximate surface area is 193 Å². The highest BCUT2D eigenvalue weighted by molar-refractivity contribution is 5.90. The van der Waals surface area contributed by atoms with E-state index in [2.05, 4.69) is 29.4 Å². The summed E-state index contributed by atoms with van der Waals surface area (Å²) in [5.74, 6) is 0.360. The molecule has 1 aromatic heterocycles. The fraction of sp³-hybridized carbons (Fsp3) is 0.346. The number of carbonyl (C=O) groups excluding carboxylic acids is 2. The minimum absolute atomic E-state index is 0.0771. The van der Waals surface area contributed by atoms with Crippen LogP contribution in [0.25, 0.3) is 5.69 Å². The summed E-state index contributed by atoms with van der Waals surface area (Å²) in [6, 6.07) is 15.8. The number of aromatic nitrogens is 2. The SMILES string of the molecule is CCOC(=O)c1nn(-c2ccc(OC)cc2)c2c1CN(C(=O)CCc1ccc(C)cc1)CC2. The van der Waals surface area contributed by atoms with Gasteiger partial charge < -0.3 is 14.4 Å². The Morgan fingerprint density at radius 3 is 2.45 bits per heavy atom. The van der Waals surface area contributed by atoms with E-state index in [4.69, 9.17) is 9.47 Å². The third-order valence-corrected chi connectivity index (χ3v) is 5.94. The Bertz CT molecular complexity index is 1130. The molecular formula is C26H29N3O4. The lowest BCUT2D eigenvalue weighted by atomic mass is 10.0. The van der Waals surface area contributed by atoms with Gasteiger partial charge >= 0.3 is 5.97 Å². The van der Waals surface area contributed by atoms with E-state index in [1.54, 1.807) is 18.7 Å². The highest BCUT2D eigenvalue weighted by Gasteiger charge is 2.31. The van der Waals surface area contributed by atoms with E-state index >= 15 is 0 Å². The smallest absolute Gasteiger partial charge is 0.359 e. The maximum Gasteiger partial charge on any atom is 0.359 e. The van der Waals surface area contributed by atoms with Gasteiger partial charge in [-0.25, -0.2) is 9.48 Å². The van der Waals surface area contributed by atoms with Gasteiger partial charge in [0.2, 0.25) is 5.91 Å². The molecule has 0 saturated heterocycles. The van der Waals surface area contributed by atoms with Gasteiger partial charge in [0, 0.05) is 31.5 Å². The molecule has 0 unspecified atom stereocenters. The zero-order chi connectivity index (χ0) is 23.4. The third kappa shape index (κ3) is 4.92. The normalized spacial score (nSPS) is 12.9. The number of ether oxygens (including phenoxy) is 2. The predicted octanol–water partition coefficient (Wildman–Crippen LogP) is 3.88. The highest BCUT2D eigenvalue weighted by Crippen LogP contribution is 2.27. The topological polar surface area (TPSA) is 73.7 Å². The van der Waals surface area contributed by atoms with Crippen molar-refractivity contribution in [1.29, 1.82) is 0 Å². The van der Waals surface area contributed by atoms with Gasteiger partial charge in [-0.2, -0.15) is 5.10 Å².